The highest BCUT2D eigenvalue weighted by molar-refractivity contribution is 9.10. The molecule has 0 radical (unpaired) electrons. The molecule has 0 amide bonds. The number of fused-ring (bicyclic) bond motifs is 1. The first-order valence-corrected chi connectivity index (χ1v) is 7.26. The minimum absolute atomic E-state index is 0.0768. The zero-order valence-corrected chi connectivity index (χ0v) is 12.8. The minimum Gasteiger partial charge on any atom is -0.502 e. The molecule has 110 valence electrons. The van der Waals surface area contributed by atoms with Crippen LogP contribution in [-0.2, 0) is 6.42 Å². The maximum atomic E-state index is 12.4. The number of allylic oxidation sites excluding steroid dienone is 1. The van der Waals surface area contributed by atoms with E-state index < -0.39 is 10.7 Å². The fraction of sp³-hybridized carbons (Fsp3) is 0.0625. The normalized spacial score (nSPS) is 15.1. The zero-order chi connectivity index (χ0) is 15.9. The number of nitro benzene ring substituents is 1. The molecule has 22 heavy (non-hydrogen) atoms. The summed E-state index contributed by atoms with van der Waals surface area (Å²) < 4.78 is 0.874. The van der Waals surface area contributed by atoms with Gasteiger partial charge in [-0.15, -0.1) is 0 Å². The van der Waals surface area contributed by atoms with E-state index in [1.165, 1.54) is 12.1 Å². The molecule has 0 aliphatic heterocycles. The van der Waals surface area contributed by atoms with E-state index >= 15 is 0 Å². The summed E-state index contributed by atoms with van der Waals surface area (Å²) >= 11 is 3.43. The van der Waals surface area contributed by atoms with Gasteiger partial charge in [-0.05, 0) is 29.3 Å². The molecule has 1 aliphatic carbocycles. The minimum atomic E-state index is -0.654. The Hall–Kier alpha value is -2.47. The molecule has 2 aromatic rings. The summed E-state index contributed by atoms with van der Waals surface area (Å²) in [5, 5.41) is 20.3. The van der Waals surface area contributed by atoms with Gasteiger partial charge in [-0.2, -0.15) is 0 Å². The Balaban J connectivity index is 2.02. The molecule has 6 heteroatoms. The summed E-state index contributed by atoms with van der Waals surface area (Å²) in [6, 6.07) is 9.50. The van der Waals surface area contributed by atoms with Gasteiger partial charge in [0.05, 0.1) is 4.92 Å². The van der Waals surface area contributed by atoms with E-state index in [-0.39, 0.29) is 11.5 Å². The topological polar surface area (TPSA) is 80.4 Å². The van der Waals surface area contributed by atoms with Gasteiger partial charge in [0.2, 0.25) is 0 Å². The number of nitrogens with zero attached hydrogens (tertiary/aromatic N) is 1. The number of carbonyl (C=O) groups is 1. The maximum Gasteiger partial charge on any atom is 0.311 e. The van der Waals surface area contributed by atoms with Crippen molar-refractivity contribution in [3.63, 3.8) is 0 Å². The van der Waals surface area contributed by atoms with E-state index in [9.17, 15) is 20.0 Å². The van der Waals surface area contributed by atoms with Crippen LogP contribution in [0, 0.1) is 10.1 Å². The summed E-state index contributed by atoms with van der Waals surface area (Å²) in [6.45, 7) is 0. The largest absolute Gasteiger partial charge is 0.502 e. The van der Waals surface area contributed by atoms with E-state index in [1.807, 2.05) is 6.07 Å². The first kappa shape index (κ1) is 14.5. The van der Waals surface area contributed by atoms with Gasteiger partial charge in [0.15, 0.2) is 11.5 Å². The molecule has 0 unspecified atom stereocenters. The molecule has 0 saturated carbocycles. The molecule has 5 nitrogen and oxygen atoms in total. The van der Waals surface area contributed by atoms with Crippen molar-refractivity contribution < 1.29 is 14.8 Å². The molecular formula is C16H10BrNO4. The van der Waals surface area contributed by atoms with E-state index in [0.717, 1.165) is 10.0 Å². The Morgan fingerprint density at radius 3 is 2.73 bits per heavy atom. The van der Waals surface area contributed by atoms with Crippen molar-refractivity contribution in [2.24, 2.45) is 0 Å². The van der Waals surface area contributed by atoms with Crippen LogP contribution in [0.1, 0.15) is 21.5 Å². The summed E-state index contributed by atoms with van der Waals surface area (Å²) in [5.41, 5.74) is 2.28. The van der Waals surface area contributed by atoms with Crippen LogP contribution in [0.2, 0.25) is 0 Å². The zero-order valence-electron chi connectivity index (χ0n) is 11.2. The van der Waals surface area contributed by atoms with Crippen LogP contribution < -0.4 is 0 Å². The van der Waals surface area contributed by atoms with E-state index in [4.69, 9.17) is 0 Å². The molecule has 1 N–H and O–H groups in total. The number of phenolic OH excluding ortho intramolecular Hbond substituents is 1. The lowest BCUT2D eigenvalue weighted by Gasteiger charge is -1.99. The fourth-order valence-corrected chi connectivity index (χ4v) is 3.00. The lowest BCUT2D eigenvalue weighted by molar-refractivity contribution is -0.385. The summed E-state index contributed by atoms with van der Waals surface area (Å²) in [6.07, 6.45) is 2.10. The van der Waals surface area contributed by atoms with Gasteiger partial charge in [-0.3, -0.25) is 14.9 Å². The maximum absolute atomic E-state index is 12.4. The average Bonchev–Trinajstić information content (AvgIpc) is 2.79. The molecule has 0 atom stereocenters. The van der Waals surface area contributed by atoms with Crippen molar-refractivity contribution in [2.45, 2.75) is 6.42 Å². The average molecular weight is 360 g/mol. The van der Waals surface area contributed by atoms with Crippen molar-refractivity contribution in [1.82, 2.24) is 0 Å². The van der Waals surface area contributed by atoms with E-state index in [1.54, 1.807) is 24.3 Å². The summed E-state index contributed by atoms with van der Waals surface area (Å²) in [7, 11) is 0. The number of Topliss-reactive ketones (excluding diaryl/α,β-unsaturated/α-hetero) is 1. The van der Waals surface area contributed by atoms with Crippen LogP contribution in [0.25, 0.3) is 6.08 Å². The van der Waals surface area contributed by atoms with Gasteiger partial charge in [0.25, 0.3) is 0 Å². The predicted molar refractivity (Wildman–Crippen MR) is 84.9 cm³/mol. The second-order valence-corrected chi connectivity index (χ2v) is 5.80. The van der Waals surface area contributed by atoms with E-state index in [0.29, 0.717) is 23.1 Å². The second-order valence-electron chi connectivity index (χ2n) is 4.95. The lowest BCUT2D eigenvalue weighted by Crippen LogP contribution is -1.95. The van der Waals surface area contributed by atoms with Crippen molar-refractivity contribution in [3.8, 4) is 5.75 Å². The van der Waals surface area contributed by atoms with Crippen LogP contribution in [0.4, 0.5) is 5.69 Å². The van der Waals surface area contributed by atoms with Gasteiger partial charge < -0.3 is 5.11 Å². The third-order valence-electron chi connectivity index (χ3n) is 3.56. The first-order chi connectivity index (χ1) is 10.5. The summed E-state index contributed by atoms with van der Waals surface area (Å²) in [4.78, 5) is 22.6. The first-order valence-electron chi connectivity index (χ1n) is 6.47. The highest BCUT2D eigenvalue weighted by Gasteiger charge is 2.26. The second kappa shape index (κ2) is 5.38. The molecule has 0 fully saturated rings. The Morgan fingerprint density at radius 2 is 2.05 bits per heavy atom. The molecule has 0 heterocycles. The molecule has 0 bridgehead atoms. The van der Waals surface area contributed by atoms with Gasteiger partial charge in [0.1, 0.15) is 0 Å². The fourth-order valence-electron chi connectivity index (χ4n) is 2.49. The number of halogens is 1. The van der Waals surface area contributed by atoms with Crippen molar-refractivity contribution in [1.29, 1.82) is 0 Å². The number of phenols is 1. The number of ketones is 1. The molecular weight excluding hydrogens is 350 g/mol. The number of rotatable bonds is 2. The highest BCUT2D eigenvalue weighted by atomic mass is 79.9. The van der Waals surface area contributed by atoms with Crippen LogP contribution in [0.5, 0.6) is 5.75 Å². The van der Waals surface area contributed by atoms with Crippen LogP contribution >= 0.6 is 15.9 Å². The smallest absolute Gasteiger partial charge is 0.311 e. The number of hydrogen-bond acceptors (Lipinski definition) is 4. The number of aromatic hydroxyl groups is 1. The van der Waals surface area contributed by atoms with Gasteiger partial charge in [-0.1, -0.05) is 34.1 Å². The third-order valence-corrected chi connectivity index (χ3v) is 4.30. The number of nitro groups is 1. The molecule has 0 saturated heterocycles. The molecule has 1 aliphatic rings. The standard InChI is InChI=1S/C16H10BrNO4/c17-13-3-1-2-11-12(13)8-10(16(11)20)6-9-4-5-15(19)14(7-9)18(21)22/h1-7,19H,8H2/b10-6+. The predicted octanol–water partition coefficient (Wildman–Crippen LogP) is 3.89. The molecule has 0 spiro atoms. The van der Waals surface area contributed by atoms with Crippen molar-refractivity contribution in [3.05, 3.63) is 73.2 Å². The lowest BCUT2D eigenvalue weighted by atomic mass is 10.1. The number of carbonyl (C=O) groups excluding carboxylic acids is 1. The van der Waals surface area contributed by atoms with Crippen molar-refractivity contribution >= 4 is 33.5 Å². The Bertz CT molecular complexity index is 842. The van der Waals surface area contributed by atoms with Gasteiger partial charge in [0, 0.05) is 28.1 Å². The molecule has 3 rings (SSSR count). The Kier molecular flexibility index (Phi) is 3.54. The van der Waals surface area contributed by atoms with Gasteiger partial charge >= 0.3 is 5.69 Å². The number of hydrogen-bond donors (Lipinski definition) is 1. The van der Waals surface area contributed by atoms with E-state index in [2.05, 4.69) is 15.9 Å². The quantitative estimate of drug-likeness (QED) is 0.501. The SMILES string of the molecule is O=C1/C(=C/c2ccc(O)c([N+](=O)[O-])c2)Cc2c(Br)cccc21. The monoisotopic (exact) mass is 359 g/mol. The Labute approximate surface area is 134 Å². The highest BCUT2D eigenvalue weighted by Crippen LogP contribution is 2.34. The third kappa shape index (κ3) is 2.42. The molecule has 0 aromatic heterocycles. The Morgan fingerprint density at radius 1 is 1.27 bits per heavy atom. The van der Waals surface area contributed by atoms with Crippen LogP contribution in [-0.4, -0.2) is 15.8 Å². The number of benzene rings is 2. The van der Waals surface area contributed by atoms with Crippen LogP contribution in [0.3, 0.4) is 0 Å². The summed E-state index contributed by atoms with van der Waals surface area (Å²) in [5.74, 6) is -0.469. The van der Waals surface area contributed by atoms with Crippen molar-refractivity contribution in [2.75, 3.05) is 0 Å². The molecule has 2 aromatic carbocycles. The van der Waals surface area contributed by atoms with Crippen LogP contribution in [0.15, 0.2) is 46.4 Å². The van der Waals surface area contributed by atoms with Gasteiger partial charge in [-0.25, -0.2) is 0 Å².